The van der Waals surface area contributed by atoms with E-state index in [9.17, 15) is 21.6 Å². The van der Waals surface area contributed by atoms with E-state index in [-0.39, 0.29) is 23.8 Å². The van der Waals surface area contributed by atoms with Crippen molar-refractivity contribution in [3.8, 4) is 0 Å². The molecule has 22 heavy (non-hydrogen) atoms. The Morgan fingerprint density at radius 3 is 2.32 bits per heavy atom. The minimum Gasteiger partial charge on any atom is -0.355 e. The third-order valence-corrected chi connectivity index (χ3v) is 6.81. The van der Waals surface area contributed by atoms with Gasteiger partial charge in [0.1, 0.15) is 9.84 Å². The Balaban J connectivity index is 2.74. The molecule has 10 heteroatoms. The van der Waals surface area contributed by atoms with Crippen LogP contribution in [-0.2, 0) is 24.5 Å². The maximum absolute atomic E-state index is 12.2. The summed E-state index contributed by atoms with van der Waals surface area (Å²) < 4.78 is 45.4. The zero-order valence-electron chi connectivity index (χ0n) is 13.1. The Bertz CT molecular complexity index is 627. The first-order chi connectivity index (χ1) is 9.76. The fourth-order valence-corrected chi connectivity index (χ4v) is 5.02. The molecule has 1 rings (SSSR count). The van der Waals surface area contributed by atoms with Gasteiger partial charge in [-0.25, -0.2) is 16.8 Å². The summed E-state index contributed by atoms with van der Waals surface area (Å²) in [5.74, 6) is -1.34. The first-order valence-electron chi connectivity index (χ1n) is 6.94. The van der Waals surface area contributed by atoms with Gasteiger partial charge in [-0.2, -0.15) is 0 Å². The Kier molecular flexibility index (Phi) is 5.64. The topological polar surface area (TPSA) is 149 Å². The van der Waals surface area contributed by atoms with Crippen LogP contribution < -0.4 is 16.8 Å². The van der Waals surface area contributed by atoms with Crippen LogP contribution in [0.3, 0.4) is 0 Å². The largest absolute Gasteiger partial charge is 0.355 e. The van der Waals surface area contributed by atoms with Crippen LogP contribution in [0.25, 0.3) is 0 Å². The lowest BCUT2D eigenvalue weighted by atomic mass is 9.75. The summed E-state index contributed by atoms with van der Waals surface area (Å²) in [4.78, 5) is 12.2. The zero-order valence-corrected chi connectivity index (χ0v) is 14.7. The van der Waals surface area contributed by atoms with Gasteiger partial charge in [-0.05, 0) is 13.8 Å². The van der Waals surface area contributed by atoms with E-state index in [1.54, 1.807) is 13.8 Å². The molecule has 1 aliphatic rings. The van der Waals surface area contributed by atoms with Crippen molar-refractivity contribution in [3.63, 3.8) is 0 Å². The molecule has 1 fully saturated rings. The highest BCUT2D eigenvalue weighted by Crippen LogP contribution is 2.31. The number of nitrogens with one attached hydrogen (secondary N) is 1. The number of nitrogens with two attached hydrogens (primary N) is 2. The molecular formula is C12H25N3O5S2. The van der Waals surface area contributed by atoms with Crippen LogP contribution in [0.4, 0.5) is 0 Å². The molecular weight excluding hydrogens is 330 g/mol. The van der Waals surface area contributed by atoms with Crippen molar-refractivity contribution < 1.29 is 21.6 Å². The van der Waals surface area contributed by atoms with E-state index in [0.717, 1.165) is 6.26 Å². The normalized spacial score (nSPS) is 26.6. The second kappa shape index (κ2) is 6.42. The molecule has 0 bridgehead atoms. The molecule has 0 radical (unpaired) electrons. The SMILES string of the molecule is CC(C)(C(=O)NCCS(C)(=O)=O)C(N)C1CS(=O)(=O)CC1N. The van der Waals surface area contributed by atoms with Crippen LogP contribution >= 0.6 is 0 Å². The summed E-state index contributed by atoms with van der Waals surface area (Å²) in [7, 11) is -6.40. The molecule has 1 amide bonds. The van der Waals surface area contributed by atoms with Gasteiger partial charge >= 0.3 is 0 Å². The summed E-state index contributed by atoms with van der Waals surface area (Å²) in [5.41, 5.74) is 10.9. The van der Waals surface area contributed by atoms with Crippen LogP contribution in [-0.4, -0.2) is 64.9 Å². The van der Waals surface area contributed by atoms with E-state index < -0.39 is 49.0 Å². The van der Waals surface area contributed by atoms with Gasteiger partial charge in [-0.15, -0.1) is 0 Å². The van der Waals surface area contributed by atoms with Crippen LogP contribution in [0, 0.1) is 11.3 Å². The Hall–Kier alpha value is -0.710. The molecule has 0 aromatic carbocycles. The lowest BCUT2D eigenvalue weighted by Crippen LogP contribution is -2.56. The predicted molar refractivity (Wildman–Crippen MR) is 84.6 cm³/mol. The predicted octanol–water partition coefficient (Wildman–Crippen LogP) is -2.13. The molecule has 0 aromatic rings. The van der Waals surface area contributed by atoms with Gasteiger partial charge in [0.25, 0.3) is 0 Å². The quantitative estimate of drug-likeness (QED) is 0.492. The molecule has 0 spiro atoms. The number of sulfone groups is 2. The van der Waals surface area contributed by atoms with Gasteiger partial charge < -0.3 is 16.8 Å². The van der Waals surface area contributed by atoms with Crippen LogP contribution in [0.5, 0.6) is 0 Å². The molecule has 0 aromatic heterocycles. The third-order valence-electron chi connectivity index (χ3n) is 4.08. The second-order valence-corrected chi connectivity index (χ2v) is 11.0. The summed E-state index contributed by atoms with van der Waals surface area (Å²) in [6.07, 6.45) is 1.08. The van der Waals surface area contributed by atoms with Gasteiger partial charge in [0, 0.05) is 30.8 Å². The molecule has 3 unspecified atom stereocenters. The number of hydrogen-bond donors (Lipinski definition) is 3. The summed E-state index contributed by atoms with van der Waals surface area (Å²) in [5, 5.41) is 2.53. The van der Waals surface area contributed by atoms with E-state index >= 15 is 0 Å². The number of rotatable bonds is 6. The van der Waals surface area contributed by atoms with E-state index in [1.165, 1.54) is 0 Å². The Morgan fingerprint density at radius 2 is 1.91 bits per heavy atom. The van der Waals surface area contributed by atoms with Gasteiger partial charge in [-0.1, -0.05) is 0 Å². The van der Waals surface area contributed by atoms with Gasteiger partial charge in [-0.3, -0.25) is 4.79 Å². The molecule has 1 heterocycles. The summed E-state index contributed by atoms with van der Waals surface area (Å²) in [6.45, 7) is 3.19. The molecule has 5 N–H and O–H groups in total. The monoisotopic (exact) mass is 355 g/mol. The van der Waals surface area contributed by atoms with Crippen LogP contribution in [0.1, 0.15) is 13.8 Å². The van der Waals surface area contributed by atoms with E-state index in [2.05, 4.69) is 5.32 Å². The average molecular weight is 355 g/mol. The van der Waals surface area contributed by atoms with Crippen molar-refractivity contribution in [1.82, 2.24) is 5.32 Å². The van der Waals surface area contributed by atoms with E-state index in [1.807, 2.05) is 0 Å². The fraction of sp³-hybridized carbons (Fsp3) is 0.917. The van der Waals surface area contributed by atoms with Crippen molar-refractivity contribution in [2.75, 3.05) is 30.1 Å². The molecule has 8 nitrogen and oxygen atoms in total. The van der Waals surface area contributed by atoms with Gasteiger partial charge in [0.2, 0.25) is 5.91 Å². The smallest absolute Gasteiger partial charge is 0.227 e. The zero-order chi connectivity index (χ0) is 17.3. The standard InChI is InChI=1S/C12H25N3O5S2/c1-12(2,11(16)15-4-5-21(3,17)18)10(14)8-6-22(19,20)7-9(8)13/h8-10H,4-7,13-14H2,1-3H3,(H,15,16). The van der Waals surface area contributed by atoms with Crippen molar-refractivity contribution >= 4 is 25.6 Å². The lowest BCUT2D eigenvalue weighted by Gasteiger charge is -2.35. The third kappa shape index (κ3) is 4.90. The highest BCUT2D eigenvalue weighted by Gasteiger charge is 2.46. The molecule has 3 atom stereocenters. The van der Waals surface area contributed by atoms with Crippen LogP contribution in [0.15, 0.2) is 0 Å². The maximum atomic E-state index is 12.2. The molecule has 0 aliphatic carbocycles. The van der Waals surface area contributed by atoms with Crippen LogP contribution in [0.2, 0.25) is 0 Å². The van der Waals surface area contributed by atoms with Crippen molar-refractivity contribution in [2.45, 2.75) is 25.9 Å². The van der Waals surface area contributed by atoms with E-state index in [4.69, 9.17) is 11.5 Å². The Labute approximate surface area is 131 Å². The number of carbonyl (C=O) groups is 1. The first kappa shape index (κ1) is 19.3. The molecule has 130 valence electrons. The number of hydrogen-bond acceptors (Lipinski definition) is 7. The highest BCUT2D eigenvalue weighted by atomic mass is 32.2. The summed E-state index contributed by atoms with van der Waals surface area (Å²) in [6, 6.07) is -1.33. The first-order valence-corrected chi connectivity index (χ1v) is 10.8. The van der Waals surface area contributed by atoms with Gasteiger partial charge in [0.05, 0.1) is 22.7 Å². The molecule has 1 saturated heterocycles. The second-order valence-electron chi connectivity index (χ2n) is 6.54. The van der Waals surface area contributed by atoms with E-state index in [0.29, 0.717) is 0 Å². The number of carbonyl (C=O) groups excluding carboxylic acids is 1. The van der Waals surface area contributed by atoms with Gasteiger partial charge in [0.15, 0.2) is 9.84 Å². The van der Waals surface area contributed by atoms with Crippen molar-refractivity contribution in [3.05, 3.63) is 0 Å². The molecule has 1 aliphatic heterocycles. The lowest BCUT2D eigenvalue weighted by molar-refractivity contribution is -0.130. The average Bonchev–Trinajstić information content (AvgIpc) is 2.59. The minimum absolute atomic E-state index is 0.0111. The van der Waals surface area contributed by atoms with Crippen molar-refractivity contribution in [1.29, 1.82) is 0 Å². The molecule has 0 saturated carbocycles. The summed E-state index contributed by atoms with van der Waals surface area (Å²) >= 11 is 0. The fourth-order valence-electron chi connectivity index (χ4n) is 2.54. The van der Waals surface area contributed by atoms with Crippen molar-refractivity contribution in [2.24, 2.45) is 22.8 Å². The number of amides is 1. The minimum atomic E-state index is -3.23. The highest BCUT2D eigenvalue weighted by molar-refractivity contribution is 7.91. The Morgan fingerprint density at radius 1 is 1.36 bits per heavy atom. The maximum Gasteiger partial charge on any atom is 0.227 e.